The van der Waals surface area contributed by atoms with Crippen LogP contribution in [-0.4, -0.2) is 36.5 Å². The molecule has 114 valence electrons. The highest BCUT2D eigenvalue weighted by Crippen LogP contribution is 2.24. The number of amides is 1. The minimum Gasteiger partial charge on any atom is -0.469 e. The van der Waals surface area contributed by atoms with Crippen LogP contribution in [0.15, 0.2) is 22.0 Å². The number of hydrogen-bond donors (Lipinski definition) is 0. The van der Waals surface area contributed by atoms with Crippen molar-refractivity contribution in [2.45, 2.75) is 31.7 Å². The van der Waals surface area contributed by atoms with E-state index < -0.39 is 0 Å². The van der Waals surface area contributed by atoms with Crippen LogP contribution in [0.3, 0.4) is 0 Å². The number of esters is 1. The van der Waals surface area contributed by atoms with E-state index in [0.29, 0.717) is 6.54 Å². The molecule has 1 atom stereocenters. The number of ether oxygens (including phenoxy) is 1. The van der Waals surface area contributed by atoms with Crippen LogP contribution in [0.4, 0.5) is 0 Å². The van der Waals surface area contributed by atoms with Gasteiger partial charge in [0.25, 0.3) is 0 Å². The van der Waals surface area contributed by atoms with Gasteiger partial charge in [-0.25, -0.2) is 0 Å². The van der Waals surface area contributed by atoms with Gasteiger partial charge in [-0.3, -0.25) is 9.59 Å². The van der Waals surface area contributed by atoms with E-state index >= 15 is 0 Å². The molecule has 1 aromatic heterocycles. The van der Waals surface area contributed by atoms with E-state index in [1.165, 1.54) is 7.11 Å². The standard InChI is InChI=1S/C15H18BrNO3S/c1-20-15(19)10-11-4-2-3-9-17(11)14(18)8-6-12-5-7-13(16)21-12/h5-8,11H,2-4,9-10H2,1H3/b8-6+. The summed E-state index contributed by atoms with van der Waals surface area (Å²) in [5.41, 5.74) is 0. The predicted octanol–water partition coefficient (Wildman–Crippen LogP) is 3.47. The normalized spacial score (nSPS) is 19.0. The molecule has 0 N–H and O–H groups in total. The minimum absolute atomic E-state index is 0.0341. The molecule has 6 heteroatoms. The van der Waals surface area contributed by atoms with Crippen LogP contribution in [0.1, 0.15) is 30.6 Å². The summed E-state index contributed by atoms with van der Waals surface area (Å²) in [6.45, 7) is 0.707. The summed E-state index contributed by atoms with van der Waals surface area (Å²) in [5, 5.41) is 0. The van der Waals surface area contributed by atoms with Crippen molar-refractivity contribution in [3.63, 3.8) is 0 Å². The molecule has 0 spiro atoms. The topological polar surface area (TPSA) is 46.6 Å². The highest BCUT2D eigenvalue weighted by molar-refractivity contribution is 9.11. The third-order valence-corrected chi connectivity index (χ3v) is 5.11. The second kappa shape index (κ2) is 7.75. The zero-order valence-corrected chi connectivity index (χ0v) is 14.3. The highest BCUT2D eigenvalue weighted by Gasteiger charge is 2.27. The van der Waals surface area contributed by atoms with Gasteiger partial charge in [-0.15, -0.1) is 11.3 Å². The summed E-state index contributed by atoms with van der Waals surface area (Å²) >= 11 is 4.97. The summed E-state index contributed by atoms with van der Waals surface area (Å²) in [6.07, 6.45) is 6.59. The molecule has 2 heterocycles. The SMILES string of the molecule is COC(=O)CC1CCCCN1C(=O)/C=C/c1ccc(Br)s1. The van der Waals surface area contributed by atoms with Crippen LogP contribution in [-0.2, 0) is 14.3 Å². The Hall–Kier alpha value is -1.14. The first-order chi connectivity index (χ1) is 10.1. The Balaban J connectivity index is 2.01. The minimum atomic E-state index is -0.258. The number of carbonyl (C=O) groups is 2. The van der Waals surface area contributed by atoms with Gasteiger partial charge in [-0.05, 0) is 53.4 Å². The molecule has 1 aliphatic heterocycles. The number of hydrogen-bond acceptors (Lipinski definition) is 4. The molecular formula is C15H18BrNO3S. The van der Waals surface area contributed by atoms with Crippen molar-refractivity contribution in [1.82, 2.24) is 4.90 Å². The van der Waals surface area contributed by atoms with Crippen LogP contribution in [0.25, 0.3) is 6.08 Å². The van der Waals surface area contributed by atoms with Gasteiger partial charge >= 0.3 is 5.97 Å². The van der Waals surface area contributed by atoms with Crippen molar-refractivity contribution in [3.8, 4) is 0 Å². The van der Waals surface area contributed by atoms with Crippen LogP contribution in [0.2, 0.25) is 0 Å². The predicted molar refractivity (Wildman–Crippen MR) is 87.0 cm³/mol. The fraction of sp³-hybridized carbons (Fsp3) is 0.467. The number of nitrogens with zero attached hydrogens (tertiary/aromatic N) is 1. The summed E-state index contributed by atoms with van der Waals surface area (Å²) in [4.78, 5) is 26.6. The maximum Gasteiger partial charge on any atom is 0.307 e. The van der Waals surface area contributed by atoms with E-state index in [2.05, 4.69) is 15.9 Å². The molecule has 1 unspecified atom stereocenters. The van der Waals surface area contributed by atoms with Crippen molar-refractivity contribution < 1.29 is 14.3 Å². The lowest BCUT2D eigenvalue weighted by atomic mass is 9.99. The molecule has 1 saturated heterocycles. The monoisotopic (exact) mass is 371 g/mol. The van der Waals surface area contributed by atoms with Gasteiger partial charge in [0.15, 0.2) is 0 Å². The molecule has 0 aromatic carbocycles. The average Bonchev–Trinajstić information content (AvgIpc) is 2.91. The first-order valence-corrected chi connectivity index (χ1v) is 8.52. The molecule has 0 aliphatic carbocycles. The van der Waals surface area contributed by atoms with Gasteiger partial charge in [0.2, 0.25) is 5.91 Å². The Morgan fingerprint density at radius 1 is 1.48 bits per heavy atom. The molecule has 4 nitrogen and oxygen atoms in total. The van der Waals surface area contributed by atoms with Gasteiger partial charge in [0, 0.05) is 23.5 Å². The molecule has 1 aliphatic rings. The van der Waals surface area contributed by atoms with Crippen LogP contribution in [0.5, 0.6) is 0 Å². The number of carbonyl (C=O) groups excluding carboxylic acids is 2. The maximum atomic E-state index is 12.3. The molecule has 0 saturated carbocycles. The average molecular weight is 372 g/mol. The van der Waals surface area contributed by atoms with Gasteiger partial charge in [-0.1, -0.05) is 0 Å². The van der Waals surface area contributed by atoms with Crippen LogP contribution >= 0.6 is 27.3 Å². The second-order valence-corrected chi connectivity index (χ2v) is 7.43. The zero-order chi connectivity index (χ0) is 15.2. The number of thiophene rings is 1. The Bertz CT molecular complexity index is 541. The molecule has 0 bridgehead atoms. The summed E-state index contributed by atoms with van der Waals surface area (Å²) in [6, 6.07) is 3.87. The number of rotatable bonds is 4. The molecular weight excluding hydrogens is 354 g/mol. The molecule has 1 fully saturated rings. The first kappa shape index (κ1) is 16.2. The molecule has 1 amide bonds. The van der Waals surface area contributed by atoms with Gasteiger partial charge in [0.1, 0.15) is 0 Å². The Labute approximate surface area is 136 Å². The largest absolute Gasteiger partial charge is 0.469 e. The van der Waals surface area contributed by atoms with E-state index in [1.807, 2.05) is 18.2 Å². The number of likely N-dealkylation sites (tertiary alicyclic amines) is 1. The van der Waals surface area contributed by atoms with Crippen molar-refractivity contribution in [2.75, 3.05) is 13.7 Å². The van der Waals surface area contributed by atoms with Crippen LogP contribution < -0.4 is 0 Å². The lowest BCUT2D eigenvalue weighted by Gasteiger charge is -2.34. The Kier molecular flexibility index (Phi) is 5.99. The third-order valence-electron chi connectivity index (χ3n) is 3.52. The molecule has 1 aromatic rings. The summed E-state index contributed by atoms with van der Waals surface area (Å²) in [7, 11) is 1.38. The van der Waals surface area contributed by atoms with E-state index in [4.69, 9.17) is 4.74 Å². The van der Waals surface area contributed by atoms with Crippen molar-refractivity contribution in [3.05, 3.63) is 26.9 Å². The lowest BCUT2D eigenvalue weighted by Crippen LogP contribution is -2.44. The van der Waals surface area contributed by atoms with E-state index in [1.54, 1.807) is 22.3 Å². The van der Waals surface area contributed by atoms with Crippen molar-refractivity contribution in [2.24, 2.45) is 0 Å². The Morgan fingerprint density at radius 2 is 2.29 bits per heavy atom. The quantitative estimate of drug-likeness (QED) is 0.601. The summed E-state index contributed by atoms with van der Waals surface area (Å²) < 4.78 is 5.75. The van der Waals surface area contributed by atoms with Gasteiger partial charge < -0.3 is 9.64 Å². The molecule has 0 radical (unpaired) electrons. The number of piperidine rings is 1. The van der Waals surface area contributed by atoms with Gasteiger partial charge in [0.05, 0.1) is 17.3 Å². The van der Waals surface area contributed by atoms with E-state index in [0.717, 1.165) is 27.9 Å². The third kappa shape index (κ3) is 4.68. The fourth-order valence-electron chi connectivity index (χ4n) is 2.45. The Morgan fingerprint density at radius 3 is 2.95 bits per heavy atom. The van der Waals surface area contributed by atoms with E-state index in [-0.39, 0.29) is 24.3 Å². The lowest BCUT2D eigenvalue weighted by molar-refractivity contribution is -0.143. The van der Waals surface area contributed by atoms with Gasteiger partial charge in [-0.2, -0.15) is 0 Å². The fourth-order valence-corrected chi connectivity index (χ4v) is 3.77. The number of halogens is 1. The maximum absolute atomic E-state index is 12.3. The molecule has 2 rings (SSSR count). The highest BCUT2D eigenvalue weighted by atomic mass is 79.9. The summed E-state index contributed by atoms with van der Waals surface area (Å²) in [5.74, 6) is -0.293. The van der Waals surface area contributed by atoms with E-state index in [9.17, 15) is 9.59 Å². The van der Waals surface area contributed by atoms with Crippen molar-refractivity contribution >= 4 is 45.2 Å². The zero-order valence-electron chi connectivity index (χ0n) is 11.9. The number of methoxy groups -OCH3 is 1. The second-order valence-electron chi connectivity index (χ2n) is 4.94. The smallest absolute Gasteiger partial charge is 0.307 e. The first-order valence-electron chi connectivity index (χ1n) is 6.91. The molecule has 21 heavy (non-hydrogen) atoms. The van der Waals surface area contributed by atoms with Crippen molar-refractivity contribution in [1.29, 1.82) is 0 Å². The van der Waals surface area contributed by atoms with Crippen LogP contribution in [0, 0.1) is 0 Å².